The number of hydrogen-bond donors (Lipinski definition) is 1. The Balaban J connectivity index is 0.00000208. The molecule has 128 valence electrons. The van der Waals surface area contributed by atoms with Gasteiger partial charge in [0.05, 0.1) is 0 Å². The summed E-state index contributed by atoms with van der Waals surface area (Å²) in [4.78, 5) is 14.3. The number of amides is 1. The van der Waals surface area contributed by atoms with Crippen LogP contribution in [0.1, 0.15) is 28.8 Å². The van der Waals surface area contributed by atoms with Crippen LogP contribution in [0.5, 0.6) is 5.75 Å². The molecule has 1 saturated heterocycles. The monoisotopic (exact) mass is 346 g/mol. The van der Waals surface area contributed by atoms with Crippen LogP contribution in [0, 0.1) is 6.92 Å². The highest BCUT2D eigenvalue weighted by molar-refractivity contribution is 5.94. The number of nitrogens with two attached hydrogens (primary N) is 1. The van der Waals surface area contributed by atoms with Crippen LogP contribution in [0.25, 0.3) is 0 Å². The number of piperidine rings is 1. The van der Waals surface area contributed by atoms with E-state index in [0.717, 1.165) is 31.7 Å². The van der Waals surface area contributed by atoms with Gasteiger partial charge in [-0.2, -0.15) is 0 Å². The zero-order valence-electron chi connectivity index (χ0n) is 13.8. The molecule has 0 saturated carbocycles. The number of rotatable bonds is 3. The number of hydrogen-bond acceptors (Lipinski definition) is 3. The maximum atomic E-state index is 12.5. The zero-order valence-corrected chi connectivity index (χ0v) is 14.6. The van der Waals surface area contributed by atoms with Gasteiger partial charge in [0.15, 0.2) is 0 Å². The molecule has 0 bridgehead atoms. The van der Waals surface area contributed by atoms with Crippen molar-refractivity contribution in [2.75, 3.05) is 18.8 Å². The van der Waals surface area contributed by atoms with Crippen LogP contribution in [-0.2, 0) is 0 Å². The minimum absolute atomic E-state index is 0. The molecule has 0 aliphatic carbocycles. The molecule has 2 N–H and O–H groups in total. The standard InChI is InChI=1S/C19H22N2O2.ClH/c1-14-2-8-17(9-3-14)23-18-10-12-21(13-11-18)19(22)15-4-6-16(20)7-5-15;/h2-9,18H,10-13,20H2,1H3;1H. The largest absolute Gasteiger partial charge is 0.490 e. The van der Waals surface area contributed by atoms with Crippen molar-refractivity contribution in [2.24, 2.45) is 0 Å². The predicted octanol–water partition coefficient (Wildman–Crippen LogP) is 3.68. The first kappa shape index (κ1) is 18.1. The summed E-state index contributed by atoms with van der Waals surface area (Å²) in [5.41, 5.74) is 8.25. The maximum absolute atomic E-state index is 12.5. The molecule has 24 heavy (non-hydrogen) atoms. The first-order valence-corrected chi connectivity index (χ1v) is 8.00. The third-order valence-corrected chi connectivity index (χ3v) is 4.21. The molecular weight excluding hydrogens is 324 g/mol. The lowest BCUT2D eigenvalue weighted by Gasteiger charge is -2.32. The molecule has 2 aromatic rings. The van der Waals surface area contributed by atoms with E-state index in [4.69, 9.17) is 10.5 Å². The second-order valence-electron chi connectivity index (χ2n) is 6.04. The number of halogens is 1. The number of ether oxygens (including phenoxy) is 1. The van der Waals surface area contributed by atoms with Gasteiger partial charge in [-0.25, -0.2) is 0 Å². The Morgan fingerprint density at radius 3 is 2.21 bits per heavy atom. The van der Waals surface area contributed by atoms with Gasteiger partial charge in [-0.1, -0.05) is 17.7 Å². The predicted molar refractivity (Wildman–Crippen MR) is 98.8 cm³/mol. The Kier molecular flexibility index (Phi) is 6.10. The summed E-state index contributed by atoms with van der Waals surface area (Å²) in [6.07, 6.45) is 1.89. The minimum atomic E-state index is 0. The molecule has 1 fully saturated rings. The summed E-state index contributed by atoms with van der Waals surface area (Å²) in [5, 5.41) is 0. The van der Waals surface area contributed by atoms with Gasteiger partial charge in [-0.05, 0) is 43.3 Å². The Hall–Kier alpha value is -2.20. The maximum Gasteiger partial charge on any atom is 0.253 e. The SMILES string of the molecule is Cc1ccc(OC2CCN(C(=O)c3ccc(N)cc3)CC2)cc1.Cl. The summed E-state index contributed by atoms with van der Waals surface area (Å²) in [7, 11) is 0. The summed E-state index contributed by atoms with van der Waals surface area (Å²) < 4.78 is 6.01. The van der Waals surface area contributed by atoms with Crippen LogP contribution in [0.3, 0.4) is 0 Å². The van der Waals surface area contributed by atoms with Crippen LogP contribution in [0.4, 0.5) is 5.69 Å². The molecule has 5 heteroatoms. The summed E-state index contributed by atoms with van der Waals surface area (Å²) in [6, 6.07) is 15.2. The van der Waals surface area contributed by atoms with Gasteiger partial charge in [0, 0.05) is 37.2 Å². The number of nitrogen functional groups attached to an aromatic ring is 1. The van der Waals surface area contributed by atoms with E-state index in [-0.39, 0.29) is 24.4 Å². The Bertz CT molecular complexity index is 663. The number of benzene rings is 2. The number of nitrogens with zero attached hydrogens (tertiary/aromatic N) is 1. The van der Waals surface area contributed by atoms with Gasteiger partial charge in [0.25, 0.3) is 5.91 Å². The smallest absolute Gasteiger partial charge is 0.253 e. The number of carbonyl (C=O) groups is 1. The number of aryl methyl sites for hydroxylation is 1. The molecule has 2 aromatic carbocycles. The molecule has 0 atom stereocenters. The van der Waals surface area contributed by atoms with Crippen molar-refractivity contribution in [2.45, 2.75) is 25.9 Å². The summed E-state index contributed by atoms with van der Waals surface area (Å²) in [5.74, 6) is 0.970. The molecule has 1 heterocycles. The van der Waals surface area contributed by atoms with Gasteiger partial charge in [-0.15, -0.1) is 12.4 Å². The van der Waals surface area contributed by atoms with Gasteiger partial charge in [0.2, 0.25) is 0 Å². The van der Waals surface area contributed by atoms with Crippen molar-refractivity contribution in [1.82, 2.24) is 4.90 Å². The molecule has 1 aliphatic heterocycles. The van der Waals surface area contributed by atoms with Gasteiger partial charge >= 0.3 is 0 Å². The second kappa shape index (κ2) is 8.06. The van der Waals surface area contributed by atoms with Crippen LogP contribution >= 0.6 is 12.4 Å². The van der Waals surface area contributed by atoms with E-state index < -0.39 is 0 Å². The average Bonchev–Trinajstić information content (AvgIpc) is 2.58. The van der Waals surface area contributed by atoms with Crippen LogP contribution in [0.15, 0.2) is 48.5 Å². The molecule has 1 aliphatic rings. The lowest BCUT2D eigenvalue weighted by molar-refractivity contribution is 0.0595. The van der Waals surface area contributed by atoms with Gasteiger partial charge in [-0.3, -0.25) is 4.79 Å². The van der Waals surface area contributed by atoms with E-state index in [1.54, 1.807) is 24.3 Å². The van der Waals surface area contributed by atoms with E-state index in [1.165, 1.54) is 5.56 Å². The van der Waals surface area contributed by atoms with E-state index in [2.05, 4.69) is 19.1 Å². The molecule has 3 rings (SSSR count). The Labute approximate surface area is 149 Å². The number of carbonyl (C=O) groups excluding carboxylic acids is 1. The minimum Gasteiger partial charge on any atom is -0.490 e. The molecule has 0 radical (unpaired) electrons. The lowest BCUT2D eigenvalue weighted by Crippen LogP contribution is -2.41. The van der Waals surface area contributed by atoms with Crippen molar-refractivity contribution in [3.63, 3.8) is 0 Å². The second-order valence-corrected chi connectivity index (χ2v) is 6.04. The molecular formula is C19H23ClN2O2. The van der Waals surface area contributed by atoms with Crippen molar-refractivity contribution >= 4 is 24.0 Å². The normalized spacial score (nSPS) is 14.8. The molecule has 0 unspecified atom stereocenters. The van der Waals surface area contributed by atoms with E-state index in [1.807, 2.05) is 17.0 Å². The molecule has 0 spiro atoms. The van der Waals surface area contributed by atoms with Crippen molar-refractivity contribution in [1.29, 1.82) is 0 Å². The van der Waals surface area contributed by atoms with Crippen LogP contribution in [0.2, 0.25) is 0 Å². The van der Waals surface area contributed by atoms with Gasteiger partial charge < -0.3 is 15.4 Å². The highest BCUT2D eigenvalue weighted by atomic mass is 35.5. The van der Waals surface area contributed by atoms with Crippen LogP contribution in [-0.4, -0.2) is 30.0 Å². The van der Waals surface area contributed by atoms with E-state index in [9.17, 15) is 4.79 Å². The number of anilines is 1. The van der Waals surface area contributed by atoms with Crippen molar-refractivity contribution < 1.29 is 9.53 Å². The van der Waals surface area contributed by atoms with E-state index >= 15 is 0 Å². The average molecular weight is 347 g/mol. The molecule has 1 amide bonds. The fourth-order valence-electron chi connectivity index (χ4n) is 2.79. The third kappa shape index (κ3) is 4.42. The van der Waals surface area contributed by atoms with Crippen LogP contribution < -0.4 is 10.5 Å². The Morgan fingerprint density at radius 1 is 1.04 bits per heavy atom. The summed E-state index contributed by atoms with van der Waals surface area (Å²) >= 11 is 0. The highest BCUT2D eigenvalue weighted by Gasteiger charge is 2.24. The molecule has 0 aromatic heterocycles. The number of likely N-dealkylation sites (tertiary alicyclic amines) is 1. The third-order valence-electron chi connectivity index (χ3n) is 4.21. The first-order valence-electron chi connectivity index (χ1n) is 8.00. The fourth-order valence-corrected chi connectivity index (χ4v) is 2.79. The van der Waals surface area contributed by atoms with E-state index in [0.29, 0.717) is 11.3 Å². The first-order chi connectivity index (χ1) is 11.1. The Morgan fingerprint density at radius 2 is 1.62 bits per heavy atom. The topological polar surface area (TPSA) is 55.6 Å². The van der Waals surface area contributed by atoms with Crippen molar-refractivity contribution in [3.05, 3.63) is 59.7 Å². The fraction of sp³-hybridized carbons (Fsp3) is 0.316. The quantitative estimate of drug-likeness (QED) is 0.862. The molecule has 4 nitrogen and oxygen atoms in total. The van der Waals surface area contributed by atoms with Gasteiger partial charge in [0.1, 0.15) is 11.9 Å². The zero-order chi connectivity index (χ0) is 16.2. The lowest BCUT2D eigenvalue weighted by atomic mass is 10.1. The summed E-state index contributed by atoms with van der Waals surface area (Å²) in [6.45, 7) is 3.50. The highest BCUT2D eigenvalue weighted by Crippen LogP contribution is 2.21. The van der Waals surface area contributed by atoms with Crippen molar-refractivity contribution in [3.8, 4) is 5.75 Å².